The number of hydrogen-bond donors (Lipinski definition) is 3. The third-order valence-corrected chi connectivity index (χ3v) is 9.17. The standard InChI is InChI=1S/C31H35FN6O3/c1-37-9-4-6-21(37)16-41-30-35-28-25(29(36-30)38-10-8-19-13-31(17-38,18-39)34-14-19)15-33-27(26(28)32)24-12-22(40)11-20-5-2-3-7-23(20)24/h2-3,5,7,11-12,15,19,21,34,39-40H,4,6,8-10,13-14,16-18H2,1H3/t19?,21-,31?/m0/s1. The molecule has 9 nitrogen and oxygen atoms in total. The van der Waals surface area contributed by atoms with Crippen LogP contribution in [0.25, 0.3) is 32.9 Å². The fourth-order valence-corrected chi connectivity index (χ4v) is 6.88. The van der Waals surface area contributed by atoms with Gasteiger partial charge in [0.25, 0.3) is 0 Å². The summed E-state index contributed by atoms with van der Waals surface area (Å²) in [5.41, 5.74) is 0.297. The zero-order chi connectivity index (χ0) is 28.1. The van der Waals surface area contributed by atoms with Crippen molar-refractivity contribution in [3.05, 3.63) is 48.4 Å². The van der Waals surface area contributed by atoms with Crippen molar-refractivity contribution in [3.63, 3.8) is 0 Å². The largest absolute Gasteiger partial charge is 0.508 e. The topological polar surface area (TPSA) is 107 Å². The van der Waals surface area contributed by atoms with Gasteiger partial charge in [-0.3, -0.25) is 4.98 Å². The Morgan fingerprint density at radius 2 is 2.02 bits per heavy atom. The molecule has 3 aliphatic heterocycles. The van der Waals surface area contributed by atoms with Crippen LogP contribution in [0.3, 0.4) is 0 Å². The number of benzene rings is 2. The average Bonchev–Trinajstić information content (AvgIpc) is 3.53. The van der Waals surface area contributed by atoms with E-state index in [4.69, 9.17) is 9.72 Å². The van der Waals surface area contributed by atoms with Gasteiger partial charge in [0.1, 0.15) is 29.4 Å². The number of fused-ring (bicyclic) bond motifs is 4. The molecule has 2 aromatic heterocycles. The molecule has 0 spiro atoms. The van der Waals surface area contributed by atoms with E-state index in [9.17, 15) is 10.2 Å². The lowest BCUT2D eigenvalue weighted by atomic mass is 9.94. The second kappa shape index (κ2) is 10.3. The van der Waals surface area contributed by atoms with Gasteiger partial charge in [0.05, 0.1) is 17.5 Å². The third-order valence-electron chi connectivity index (χ3n) is 9.17. The molecule has 214 valence electrons. The van der Waals surface area contributed by atoms with Crippen molar-refractivity contribution in [1.82, 2.24) is 25.2 Å². The van der Waals surface area contributed by atoms with E-state index in [1.54, 1.807) is 12.3 Å². The molecule has 10 heteroatoms. The highest BCUT2D eigenvalue weighted by Crippen LogP contribution is 2.39. The van der Waals surface area contributed by atoms with E-state index in [1.165, 1.54) is 6.07 Å². The van der Waals surface area contributed by atoms with Crippen molar-refractivity contribution in [2.24, 2.45) is 5.92 Å². The first-order valence-electron chi connectivity index (χ1n) is 14.5. The van der Waals surface area contributed by atoms with Gasteiger partial charge in [-0.25, -0.2) is 4.39 Å². The number of aliphatic hydroxyl groups is 1. The van der Waals surface area contributed by atoms with E-state index in [2.05, 4.69) is 32.1 Å². The molecule has 2 bridgehead atoms. The first-order chi connectivity index (χ1) is 19.9. The Bertz CT molecular complexity index is 1620. The molecule has 0 aliphatic carbocycles. The molecule has 7 rings (SSSR count). The monoisotopic (exact) mass is 558 g/mol. The number of nitrogens with one attached hydrogen (secondary N) is 1. The molecule has 3 N–H and O–H groups in total. The Kier molecular flexibility index (Phi) is 6.64. The number of aromatic hydroxyl groups is 1. The minimum atomic E-state index is -0.587. The predicted octanol–water partition coefficient (Wildman–Crippen LogP) is 3.71. The maximum atomic E-state index is 16.5. The van der Waals surface area contributed by atoms with E-state index >= 15 is 4.39 Å². The molecule has 0 radical (unpaired) electrons. The lowest BCUT2D eigenvalue weighted by Gasteiger charge is -2.34. The van der Waals surface area contributed by atoms with Crippen LogP contribution < -0.4 is 15.0 Å². The molecular formula is C31H35FN6O3. The van der Waals surface area contributed by atoms with E-state index < -0.39 is 11.4 Å². The van der Waals surface area contributed by atoms with Crippen LogP contribution in [0.1, 0.15) is 25.7 Å². The molecule has 5 heterocycles. The van der Waals surface area contributed by atoms with E-state index in [0.29, 0.717) is 35.8 Å². The fraction of sp³-hybridized carbons (Fsp3) is 0.452. The van der Waals surface area contributed by atoms with Gasteiger partial charge in [0.15, 0.2) is 5.82 Å². The first kappa shape index (κ1) is 26.3. The average molecular weight is 559 g/mol. The van der Waals surface area contributed by atoms with Crippen LogP contribution in [0.5, 0.6) is 11.8 Å². The van der Waals surface area contributed by atoms with Crippen molar-refractivity contribution in [3.8, 4) is 23.0 Å². The molecule has 0 saturated carbocycles. The number of likely N-dealkylation sites (N-methyl/N-ethyl adjacent to an activating group) is 1. The SMILES string of the molecule is CN1CCC[C@H]1COc1nc(N2CCC3CNC(CO)(C3)C2)c2cnc(-c3cc(O)cc4ccccc34)c(F)c2n1. The first-order valence-corrected chi connectivity index (χ1v) is 14.5. The number of pyridine rings is 1. The Morgan fingerprint density at radius 1 is 1.15 bits per heavy atom. The Hall–Kier alpha value is -3.60. The summed E-state index contributed by atoms with van der Waals surface area (Å²) in [6.45, 7) is 3.61. The second-order valence-electron chi connectivity index (χ2n) is 11.9. The molecule has 4 aromatic rings. The smallest absolute Gasteiger partial charge is 0.319 e. The summed E-state index contributed by atoms with van der Waals surface area (Å²) in [5.74, 6) is 0.477. The quantitative estimate of drug-likeness (QED) is 0.327. The lowest BCUT2D eigenvalue weighted by Crippen LogP contribution is -2.53. The van der Waals surface area contributed by atoms with E-state index in [0.717, 1.165) is 56.1 Å². The van der Waals surface area contributed by atoms with Crippen molar-refractivity contribution >= 4 is 27.5 Å². The lowest BCUT2D eigenvalue weighted by molar-refractivity contribution is 0.181. The predicted molar refractivity (Wildman–Crippen MR) is 156 cm³/mol. The molecule has 0 amide bonds. The molecule has 2 aromatic carbocycles. The Morgan fingerprint density at radius 3 is 2.85 bits per heavy atom. The van der Waals surface area contributed by atoms with Gasteiger partial charge >= 0.3 is 6.01 Å². The number of anilines is 1. The third kappa shape index (κ3) is 4.73. The summed E-state index contributed by atoms with van der Waals surface area (Å²) in [7, 11) is 2.08. The van der Waals surface area contributed by atoms with Crippen molar-refractivity contribution in [1.29, 1.82) is 0 Å². The van der Waals surface area contributed by atoms with Gasteiger partial charge in [-0.05, 0) is 74.6 Å². The maximum absolute atomic E-state index is 16.5. The number of hydrogen-bond acceptors (Lipinski definition) is 9. The van der Waals surface area contributed by atoms with Gasteiger partial charge in [-0.1, -0.05) is 24.3 Å². The number of rotatable bonds is 6. The molecule has 3 fully saturated rings. The number of likely N-dealkylation sites (tertiary alicyclic amines) is 1. The van der Waals surface area contributed by atoms with E-state index in [-0.39, 0.29) is 35.6 Å². The van der Waals surface area contributed by atoms with Crippen LogP contribution in [0, 0.1) is 11.7 Å². The molecule has 3 saturated heterocycles. The van der Waals surface area contributed by atoms with Gasteiger partial charge < -0.3 is 30.1 Å². The van der Waals surface area contributed by atoms with Gasteiger partial charge in [0, 0.05) is 30.9 Å². The van der Waals surface area contributed by atoms with Gasteiger partial charge in [0.2, 0.25) is 0 Å². The number of phenols is 1. The van der Waals surface area contributed by atoms with Crippen LogP contribution >= 0.6 is 0 Å². The Balaban J connectivity index is 1.36. The molecule has 3 aliphatic rings. The highest BCUT2D eigenvalue weighted by molar-refractivity contribution is 5.99. The summed E-state index contributed by atoms with van der Waals surface area (Å²) >= 11 is 0. The van der Waals surface area contributed by atoms with Crippen molar-refractivity contribution in [2.45, 2.75) is 37.3 Å². The highest BCUT2D eigenvalue weighted by atomic mass is 19.1. The number of aromatic nitrogens is 3. The molecule has 41 heavy (non-hydrogen) atoms. The number of nitrogens with zero attached hydrogens (tertiary/aromatic N) is 5. The van der Waals surface area contributed by atoms with Crippen LogP contribution in [-0.4, -0.2) is 88.1 Å². The van der Waals surface area contributed by atoms with E-state index in [1.807, 2.05) is 24.3 Å². The minimum absolute atomic E-state index is 0.0156. The molecule has 2 unspecified atom stereocenters. The number of ether oxygens (including phenoxy) is 1. The normalized spacial score (nSPS) is 24.8. The van der Waals surface area contributed by atoms with Gasteiger partial charge in [-0.15, -0.1) is 0 Å². The number of phenolic OH excluding ortho intramolecular Hbond substituents is 1. The zero-order valence-electron chi connectivity index (χ0n) is 23.2. The van der Waals surface area contributed by atoms with Crippen LogP contribution in [0.4, 0.5) is 10.2 Å². The zero-order valence-corrected chi connectivity index (χ0v) is 23.2. The van der Waals surface area contributed by atoms with Crippen LogP contribution in [0.2, 0.25) is 0 Å². The summed E-state index contributed by atoms with van der Waals surface area (Å²) in [4.78, 5) is 18.4. The molecular weight excluding hydrogens is 523 g/mol. The Labute approximate surface area is 238 Å². The maximum Gasteiger partial charge on any atom is 0.319 e. The number of halogens is 1. The number of aliphatic hydroxyl groups excluding tert-OH is 1. The second-order valence-corrected chi connectivity index (χ2v) is 11.9. The summed E-state index contributed by atoms with van der Waals surface area (Å²) in [6, 6.07) is 11.1. The minimum Gasteiger partial charge on any atom is -0.508 e. The van der Waals surface area contributed by atoms with Crippen LogP contribution in [-0.2, 0) is 0 Å². The summed E-state index contributed by atoms with van der Waals surface area (Å²) in [5, 5.41) is 26.3. The van der Waals surface area contributed by atoms with Crippen molar-refractivity contribution in [2.75, 3.05) is 51.3 Å². The molecule has 3 atom stereocenters. The summed E-state index contributed by atoms with van der Waals surface area (Å²) in [6.07, 6.45) is 5.59. The summed E-state index contributed by atoms with van der Waals surface area (Å²) < 4.78 is 22.7. The highest BCUT2D eigenvalue weighted by Gasteiger charge is 2.43. The van der Waals surface area contributed by atoms with Crippen LogP contribution in [0.15, 0.2) is 42.6 Å². The fourth-order valence-electron chi connectivity index (χ4n) is 6.88. The van der Waals surface area contributed by atoms with Gasteiger partial charge in [-0.2, -0.15) is 9.97 Å². The van der Waals surface area contributed by atoms with Crippen molar-refractivity contribution < 1.29 is 19.3 Å².